The minimum absolute atomic E-state index is 0.00775. The molecule has 3 nitrogen and oxygen atoms in total. The Labute approximate surface area is 111 Å². The molecule has 0 fully saturated rings. The van der Waals surface area contributed by atoms with E-state index >= 15 is 0 Å². The molecule has 1 heterocycles. The Kier molecular flexibility index (Phi) is 4.33. The first-order valence-corrected chi connectivity index (χ1v) is 7.02. The normalized spacial score (nSPS) is 10.8. The quantitative estimate of drug-likeness (QED) is 0.901. The van der Waals surface area contributed by atoms with Crippen molar-refractivity contribution in [2.45, 2.75) is 13.3 Å². The number of thiophene rings is 1. The van der Waals surface area contributed by atoms with E-state index in [1.54, 1.807) is 16.2 Å². The highest BCUT2D eigenvalue weighted by molar-refractivity contribution is 7.17. The summed E-state index contributed by atoms with van der Waals surface area (Å²) in [7, 11) is 0. The number of aliphatic hydroxyl groups is 1. The fourth-order valence-corrected chi connectivity index (χ4v) is 2.95. The summed E-state index contributed by atoms with van der Waals surface area (Å²) in [5.74, 6) is 0.0170. The van der Waals surface area contributed by atoms with Crippen LogP contribution in [0.2, 0.25) is 0 Å². The first-order chi connectivity index (χ1) is 8.77. The van der Waals surface area contributed by atoms with Crippen molar-refractivity contribution in [3.8, 4) is 0 Å². The second kappa shape index (κ2) is 5.98. The van der Waals surface area contributed by atoms with Gasteiger partial charge in [0.15, 0.2) is 0 Å². The predicted octanol–water partition coefficient (Wildman–Crippen LogP) is 2.75. The number of hydrogen-bond donors (Lipinski definition) is 1. The molecular formula is C14H17NO2S. The van der Waals surface area contributed by atoms with Crippen LogP contribution in [0.15, 0.2) is 29.6 Å². The lowest BCUT2D eigenvalue weighted by atomic mass is 10.1. The highest BCUT2D eigenvalue weighted by atomic mass is 32.1. The van der Waals surface area contributed by atoms with Crippen LogP contribution in [0.4, 0.5) is 0 Å². The van der Waals surface area contributed by atoms with Crippen molar-refractivity contribution in [3.63, 3.8) is 0 Å². The largest absolute Gasteiger partial charge is 0.395 e. The summed E-state index contributed by atoms with van der Waals surface area (Å²) in [6, 6.07) is 7.92. The highest BCUT2D eigenvalue weighted by Crippen LogP contribution is 2.26. The van der Waals surface area contributed by atoms with E-state index in [1.807, 2.05) is 36.6 Å². The molecule has 1 aromatic carbocycles. The lowest BCUT2D eigenvalue weighted by Crippen LogP contribution is -2.34. The van der Waals surface area contributed by atoms with E-state index in [2.05, 4.69) is 0 Å². The Morgan fingerprint density at radius 1 is 1.33 bits per heavy atom. The van der Waals surface area contributed by atoms with Crippen molar-refractivity contribution in [2.24, 2.45) is 0 Å². The molecule has 1 aromatic heterocycles. The average Bonchev–Trinajstić information content (AvgIpc) is 2.81. The topological polar surface area (TPSA) is 40.5 Å². The average molecular weight is 263 g/mol. The third kappa shape index (κ3) is 2.54. The second-order valence-electron chi connectivity index (χ2n) is 4.16. The van der Waals surface area contributed by atoms with Crippen molar-refractivity contribution in [1.29, 1.82) is 0 Å². The van der Waals surface area contributed by atoms with E-state index in [0.29, 0.717) is 13.1 Å². The van der Waals surface area contributed by atoms with E-state index in [1.165, 1.54) is 0 Å². The van der Waals surface area contributed by atoms with Gasteiger partial charge in [0.1, 0.15) is 0 Å². The second-order valence-corrected chi connectivity index (χ2v) is 5.07. The standard InChI is InChI=1S/C14H17NO2S/c1-2-7-15(8-9-16)14(17)12-10-18-13-6-4-3-5-11(12)13/h3-6,10,16H,2,7-9H2,1H3. The number of aliphatic hydroxyl groups excluding tert-OH is 1. The number of fused-ring (bicyclic) bond motifs is 1. The lowest BCUT2D eigenvalue weighted by molar-refractivity contribution is 0.0724. The number of benzene rings is 1. The van der Waals surface area contributed by atoms with Crippen LogP contribution in [-0.4, -0.2) is 35.6 Å². The van der Waals surface area contributed by atoms with Gasteiger partial charge >= 0.3 is 0 Å². The Morgan fingerprint density at radius 3 is 2.83 bits per heavy atom. The molecule has 0 atom stereocenters. The molecule has 0 aliphatic carbocycles. The number of nitrogens with zero attached hydrogens (tertiary/aromatic N) is 1. The number of carbonyl (C=O) groups is 1. The van der Waals surface area contributed by atoms with Gasteiger partial charge in [-0.25, -0.2) is 0 Å². The number of amides is 1. The zero-order chi connectivity index (χ0) is 13.0. The molecule has 2 rings (SSSR count). The van der Waals surface area contributed by atoms with Crippen LogP contribution < -0.4 is 0 Å². The van der Waals surface area contributed by atoms with Crippen molar-refractivity contribution < 1.29 is 9.90 Å². The molecule has 0 unspecified atom stereocenters. The molecular weight excluding hydrogens is 246 g/mol. The van der Waals surface area contributed by atoms with Gasteiger partial charge in [0.25, 0.3) is 5.91 Å². The van der Waals surface area contributed by atoms with E-state index in [-0.39, 0.29) is 12.5 Å². The minimum Gasteiger partial charge on any atom is -0.395 e. The molecule has 18 heavy (non-hydrogen) atoms. The van der Waals surface area contributed by atoms with Crippen molar-refractivity contribution in [1.82, 2.24) is 4.90 Å². The van der Waals surface area contributed by atoms with Gasteiger partial charge in [-0.05, 0) is 12.5 Å². The molecule has 0 saturated carbocycles. The predicted molar refractivity (Wildman–Crippen MR) is 75.1 cm³/mol. The molecule has 0 spiro atoms. The fourth-order valence-electron chi connectivity index (χ4n) is 2.02. The molecule has 0 bridgehead atoms. The molecule has 0 aliphatic rings. The van der Waals surface area contributed by atoms with Crippen molar-refractivity contribution in [3.05, 3.63) is 35.2 Å². The zero-order valence-electron chi connectivity index (χ0n) is 10.4. The smallest absolute Gasteiger partial charge is 0.255 e. The molecule has 1 N–H and O–H groups in total. The Hall–Kier alpha value is -1.39. The number of rotatable bonds is 5. The van der Waals surface area contributed by atoms with Crippen LogP contribution in [0.25, 0.3) is 10.1 Å². The number of carbonyl (C=O) groups excluding carboxylic acids is 1. The fraction of sp³-hybridized carbons (Fsp3) is 0.357. The maximum atomic E-state index is 12.4. The van der Waals surface area contributed by atoms with Crippen LogP contribution in [-0.2, 0) is 0 Å². The van der Waals surface area contributed by atoms with E-state index in [9.17, 15) is 4.79 Å². The van der Waals surface area contributed by atoms with Gasteiger partial charge in [-0.2, -0.15) is 0 Å². The van der Waals surface area contributed by atoms with Gasteiger partial charge in [0.2, 0.25) is 0 Å². The summed E-state index contributed by atoms with van der Waals surface area (Å²) < 4.78 is 1.13. The first kappa shape index (κ1) is 13.1. The summed E-state index contributed by atoms with van der Waals surface area (Å²) in [6.45, 7) is 3.12. The van der Waals surface area contributed by atoms with E-state index in [0.717, 1.165) is 22.1 Å². The Balaban J connectivity index is 2.31. The lowest BCUT2D eigenvalue weighted by Gasteiger charge is -2.20. The summed E-state index contributed by atoms with van der Waals surface area (Å²) in [4.78, 5) is 14.1. The first-order valence-electron chi connectivity index (χ1n) is 6.14. The van der Waals surface area contributed by atoms with Gasteiger partial charge in [-0.1, -0.05) is 25.1 Å². The van der Waals surface area contributed by atoms with Crippen LogP contribution in [0, 0.1) is 0 Å². The summed E-state index contributed by atoms with van der Waals surface area (Å²) >= 11 is 1.59. The maximum absolute atomic E-state index is 12.4. The van der Waals surface area contributed by atoms with Crippen LogP contribution >= 0.6 is 11.3 Å². The zero-order valence-corrected chi connectivity index (χ0v) is 11.2. The van der Waals surface area contributed by atoms with E-state index in [4.69, 9.17) is 5.11 Å². The van der Waals surface area contributed by atoms with Crippen molar-refractivity contribution in [2.75, 3.05) is 19.7 Å². The van der Waals surface area contributed by atoms with Crippen LogP contribution in [0.3, 0.4) is 0 Å². The molecule has 96 valence electrons. The molecule has 2 aromatic rings. The van der Waals surface area contributed by atoms with Gasteiger partial charge < -0.3 is 10.0 Å². The van der Waals surface area contributed by atoms with Gasteiger partial charge in [0.05, 0.1) is 12.2 Å². The SMILES string of the molecule is CCCN(CCO)C(=O)c1csc2ccccc12. The molecule has 0 saturated heterocycles. The monoisotopic (exact) mass is 263 g/mol. The van der Waals surface area contributed by atoms with Crippen molar-refractivity contribution >= 4 is 27.3 Å². The van der Waals surface area contributed by atoms with Gasteiger partial charge in [0, 0.05) is 28.6 Å². The van der Waals surface area contributed by atoms with Gasteiger partial charge in [-0.3, -0.25) is 4.79 Å². The molecule has 0 radical (unpaired) electrons. The Morgan fingerprint density at radius 2 is 2.11 bits per heavy atom. The Bertz CT molecular complexity index is 529. The summed E-state index contributed by atoms with van der Waals surface area (Å²) in [5, 5.41) is 11.9. The molecule has 4 heteroatoms. The summed E-state index contributed by atoms with van der Waals surface area (Å²) in [6.07, 6.45) is 0.897. The molecule has 0 aliphatic heterocycles. The molecule has 1 amide bonds. The third-order valence-corrected chi connectivity index (χ3v) is 3.83. The minimum atomic E-state index is 0.00775. The summed E-state index contributed by atoms with van der Waals surface area (Å²) in [5.41, 5.74) is 0.748. The van der Waals surface area contributed by atoms with Crippen LogP contribution in [0.1, 0.15) is 23.7 Å². The number of hydrogen-bond acceptors (Lipinski definition) is 3. The highest BCUT2D eigenvalue weighted by Gasteiger charge is 2.17. The van der Waals surface area contributed by atoms with Gasteiger partial charge in [-0.15, -0.1) is 11.3 Å². The van der Waals surface area contributed by atoms with Crippen LogP contribution in [0.5, 0.6) is 0 Å². The third-order valence-electron chi connectivity index (χ3n) is 2.86. The maximum Gasteiger partial charge on any atom is 0.255 e. The van der Waals surface area contributed by atoms with E-state index < -0.39 is 0 Å².